The monoisotopic (exact) mass is 210 g/mol. The highest BCUT2D eigenvalue weighted by Gasteiger charge is 1.97. The van der Waals surface area contributed by atoms with E-state index in [-0.39, 0.29) is 0 Å². The standard InChI is InChI=1S/C14H14N2/c15-13-8-4-7-12(14(13)16)10-9-11-5-2-1-3-6-11/h1-10H,15-16H2/b10-9+. The normalized spacial score (nSPS) is 10.8. The Morgan fingerprint density at radius 3 is 2.25 bits per heavy atom. The van der Waals surface area contributed by atoms with E-state index in [0.29, 0.717) is 11.4 Å². The van der Waals surface area contributed by atoms with Gasteiger partial charge in [0.2, 0.25) is 0 Å². The fourth-order valence-corrected chi connectivity index (χ4v) is 1.50. The summed E-state index contributed by atoms with van der Waals surface area (Å²) in [6, 6.07) is 15.7. The molecule has 80 valence electrons. The van der Waals surface area contributed by atoms with Crippen molar-refractivity contribution in [2.45, 2.75) is 0 Å². The number of benzene rings is 2. The summed E-state index contributed by atoms with van der Waals surface area (Å²) in [6.45, 7) is 0. The average molecular weight is 210 g/mol. The van der Waals surface area contributed by atoms with Crippen LogP contribution in [0.4, 0.5) is 11.4 Å². The first-order chi connectivity index (χ1) is 7.77. The number of hydrogen-bond donors (Lipinski definition) is 2. The smallest absolute Gasteiger partial charge is 0.0621 e. The maximum atomic E-state index is 5.87. The number of anilines is 2. The van der Waals surface area contributed by atoms with Crippen LogP contribution in [-0.4, -0.2) is 0 Å². The van der Waals surface area contributed by atoms with Crippen LogP contribution < -0.4 is 11.5 Å². The summed E-state index contributed by atoms with van der Waals surface area (Å²) < 4.78 is 0. The van der Waals surface area contributed by atoms with Gasteiger partial charge in [-0.2, -0.15) is 0 Å². The Morgan fingerprint density at radius 1 is 0.750 bits per heavy atom. The van der Waals surface area contributed by atoms with Gasteiger partial charge in [-0.15, -0.1) is 0 Å². The molecule has 0 aliphatic rings. The number of nitrogen functional groups attached to an aromatic ring is 2. The molecule has 0 aliphatic heterocycles. The van der Waals surface area contributed by atoms with Gasteiger partial charge in [0.1, 0.15) is 0 Å². The van der Waals surface area contributed by atoms with Gasteiger partial charge in [0.05, 0.1) is 11.4 Å². The lowest BCUT2D eigenvalue weighted by molar-refractivity contribution is 1.62. The third-order valence-corrected chi connectivity index (χ3v) is 2.43. The Bertz CT molecular complexity index is 501. The van der Waals surface area contributed by atoms with E-state index in [2.05, 4.69) is 0 Å². The van der Waals surface area contributed by atoms with Gasteiger partial charge in [-0.1, -0.05) is 54.6 Å². The van der Waals surface area contributed by atoms with E-state index in [4.69, 9.17) is 11.5 Å². The minimum Gasteiger partial charge on any atom is -0.397 e. The fourth-order valence-electron chi connectivity index (χ4n) is 1.50. The first-order valence-corrected chi connectivity index (χ1v) is 5.14. The van der Waals surface area contributed by atoms with E-state index >= 15 is 0 Å². The zero-order valence-corrected chi connectivity index (χ0v) is 8.93. The first kappa shape index (κ1) is 10.3. The summed E-state index contributed by atoms with van der Waals surface area (Å²) in [5, 5.41) is 0. The molecule has 0 bridgehead atoms. The van der Waals surface area contributed by atoms with Crippen molar-refractivity contribution in [3.63, 3.8) is 0 Å². The molecule has 0 saturated carbocycles. The molecule has 0 saturated heterocycles. The van der Waals surface area contributed by atoms with Crippen LogP contribution in [0.25, 0.3) is 12.2 Å². The molecule has 0 aromatic heterocycles. The Hall–Kier alpha value is -2.22. The van der Waals surface area contributed by atoms with Crippen LogP contribution >= 0.6 is 0 Å². The molecular formula is C14H14N2. The number of hydrogen-bond acceptors (Lipinski definition) is 2. The highest BCUT2D eigenvalue weighted by Crippen LogP contribution is 2.21. The molecule has 0 fully saturated rings. The van der Waals surface area contributed by atoms with E-state index in [1.54, 1.807) is 6.07 Å². The van der Waals surface area contributed by atoms with Crippen molar-refractivity contribution in [3.05, 3.63) is 59.7 Å². The topological polar surface area (TPSA) is 52.0 Å². The van der Waals surface area contributed by atoms with Crippen LogP contribution in [0, 0.1) is 0 Å². The molecule has 2 rings (SSSR count). The predicted octanol–water partition coefficient (Wildman–Crippen LogP) is 3.02. The number of para-hydroxylation sites is 1. The van der Waals surface area contributed by atoms with Gasteiger partial charge in [0.25, 0.3) is 0 Å². The third kappa shape index (κ3) is 2.23. The quantitative estimate of drug-likeness (QED) is 0.591. The van der Waals surface area contributed by atoms with E-state index < -0.39 is 0 Å². The molecule has 2 aromatic rings. The Balaban J connectivity index is 2.28. The van der Waals surface area contributed by atoms with Crippen LogP contribution in [0.1, 0.15) is 11.1 Å². The summed E-state index contributed by atoms with van der Waals surface area (Å²) in [5.74, 6) is 0. The van der Waals surface area contributed by atoms with Crippen LogP contribution in [0.2, 0.25) is 0 Å². The maximum absolute atomic E-state index is 5.87. The Labute approximate surface area is 95.2 Å². The fraction of sp³-hybridized carbons (Fsp3) is 0. The van der Waals surface area contributed by atoms with Crippen LogP contribution in [0.5, 0.6) is 0 Å². The van der Waals surface area contributed by atoms with Crippen molar-refractivity contribution in [2.75, 3.05) is 11.5 Å². The van der Waals surface area contributed by atoms with Crippen molar-refractivity contribution in [1.29, 1.82) is 0 Å². The molecule has 0 radical (unpaired) electrons. The molecule has 2 heteroatoms. The van der Waals surface area contributed by atoms with Gasteiger partial charge in [0.15, 0.2) is 0 Å². The molecule has 4 N–H and O–H groups in total. The van der Waals surface area contributed by atoms with Gasteiger partial charge in [-0.3, -0.25) is 0 Å². The zero-order valence-electron chi connectivity index (χ0n) is 8.93. The molecular weight excluding hydrogens is 196 g/mol. The highest BCUT2D eigenvalue weighted by atomic mass is 14.7. The highest BCUT2D eigenvalue weighted by molar-refractivity contribution is 5.81. The van der Waals surface area contributed by atoms with Gasteiger partial charge < -0.3 is 11.5 Å². The number of rotatable bonds is 2. The second kappa shape index (κ2) is 4.53. The van der Waals surface area contributed by atoms with E-state index in [1.165, 1.54) is 0 Å². The SMILES string of the molecule is Nc1cccc(/C=C/c2ccccc2)c1N. The molecule has 0 aliphatic carbocycles. The first-order valence-electron chi connectivity index (χ1n) is 5.14. The average Bonchev–Trinajstić information content (AvgIpc) is 2.32. The molecule has 0 spiro atoms. The van der Waals surface area contributed by atoms with Crippen molar-refractivity contribution in [2.24, 2.45) is 0 Å². The summed E-state index contributed by atoms with van der Waals surface area (Å²) in [4.78, 5) is 0. The van der Waals surface area contributed by atoms with Gasteiger partial charge in [-0.05, 0) is 17.2 Å². The lowest BCUT2D eigenvalue weighted by Gasteiger charge is -2.03. The summed E-state index contributed by atoms with van der Waals surface area (Å²) >= 11 is 0. The largest absolute Gasteiger partial charge is 0.397 e. The van der Waals surface area contributed by atoms with Crippen molar-refractivity contribution in [3.8, 4) is 0 Å². The summed E-state index contributed by atoms with van der Waals surface area (Å²) in [7, 11) is 0. The third-order valence-electron chi connectivity index (χ3n) is 2.43. The van der Waals surface area contributed by atoms with Crippen LogP contribution in [0.3, 0.4) is 0 Å². The second-order valence-corrected chi connectivity index (χ2v) is 3.59. The second-order valence-electron chi connectivity index (χ2n) is 3.59. The number of nitrogens with two attached hydrogens (primary N) is 2. The Morgan fingerprint density at radius 2 is 1.50 bits per heavy atom. The minimum atomic E-state index is 0.621. The van der Waals surface area contributed by atoms with E-state index in [0.717, 1.165) is 11.1 Å². The molecule has 0 heterocycles. The zero-order chi connectivity index (χ0) is 11.4. The lowest BCUT2D eigenvalue weighted by atomic mass is 10.1. The summed E-state index contributed by atoms with van der Waals surface area (Å²) in [5.41, 5.74) is 14.9. The predicted molar refractivity (Wildman–Crippen MR) is 70.6 cm³/mol. The Kier molecular flexibility index (Phi) is 2.92. The van der Waals surface area contributed by atoms with E-state index in [1.807, 2.05) is 54.6 Å². The van der Waals surface area contributed by atoms with Gasteiger partial charge in [-0.25, -0.2) is 0 Å². The van der Waals surface area contributed by atoms with Crippen LogP contribution in [-0.2, 0) is 0 Å². The van der Waals surface area contributed by atoms with Crippen molar-refractivity contribution in [1.82, 2.24) is 0 Å². The summed E-state index contributed by atoms with van der Waals surface area (Å²) in [6.07, 6.45) is 3.99. The molecule has 0 unspecified atom stereocenters. The molecule has 0 amide bonds. The van der Waals surface area contributed by atoms with Crippen molar-refractivity contribution < 1.29 is 0 Å². The molecule has 2 aromatic carbocycles. The van der Waals surface area contributed by atoms with Crippen LogP contribution in [0.15, 0.2) is 48.5 Å². The molecule has 2 nitrogen and oxygen atoms in total. The maximum Gasteiger partial charge on any atom is 0.0621 e. The molecule has 16 heavy (non-hydrogen) atoms. The van der Waals surface area contributed by atoms with Gasteiger partial charge >= 0.3 is 0 Å². The lowest BCUT2D eigenvalue weighted by Crippen LogP contribution is -1.96. The van der Waals surface area contributed by atoms with E-state index in [9.17, 15) is 0 Å². The molecule has 0 atom stereocenters. The van der Waals surface area contributed by atoms with Gasteiger partial charge in [0, 0.05) is 0 Å². The van der Waals surface area contributed by atoms with Crippen molar-refractivity contribution >= 4 is 23.5 Å². The minimum absolute atomic E-state index is 0.621.